The highest BCUT2D eigenvalue weighted by molar-refractivity contribution is 6.34. The van der Waals surface area contributed by atoms with Gasteiger partial charge in [0.15, 0.2) is 5.78 Å². The van der Waals surface area contributed by atoms with Gasteiger partial charge in [0.05, 0.1) is 5.02 Å². The molecule has 0 aliphatic heterocycles. The van der Waals surface area contributed by atoms with Crippen LogP contribution in [-0.2, 0) is 6.61 Å². The van der Waals surface area contributed by atoms with E-state index in [4.69, 9.17) is 16.3 Å². The molecular formula is C17H17ClO2. The van der Waals surface area contributed by atoms with Crippen molar-refractivity contribution < 1.29 is 9.53 Å². The van der Waals surface area contributed by atoms with Gasteiger partial charge in [-0.05, 0) is 30.2 Å². The van der Waals surface area contributed by atoms with Gasteiger partial charge in [-0.1, -0.05) is 48.9 Å². The Hall–Kier alpha value is -1.80. The summed E-state index contributed by atoms with van der Waals surface area (Å²) in [7, 11) is 0. The predicted octanol–water partition coefficient (Wildman–Crippen LogP) is 4.90. The second-order valence-corrected chi connectivity index (χ2v) is 5.00. The van der Waals surface area contributed by atoms with E-state index >= 15 is 0 Å². The second kappa shape index (κ2) is 7.11. The first-order chi connectivity index (χ1) is 9.70. The molecule has 0 heterocycles. The fourth-order valence-corrected chi connectivity index (χ4v) is 2.13. The van der Waals surface area contributed by atoms with E-state index in [0.29, 0.717) is 29.4 Å². The number of ether oxygens (including phenoxy) is 1. The fraction of sp³-hybridized carbons (Fsp3) is 0.235. The second-order valence-electron chi connectivity index (χ2n) is 4.59. The molecule has 104 valence electrons. The van der Waals surface area contributed by atoms with Crippen molar-refractivity contribution in [1.29, 1.82) is 0 Å². The highest BCUT2D eigenvalue weighted by atomic mass is 35.5. The van der Waals surface area contributed by atoms with Crippen LogP contribution in [0.2, 0.25) is 5.02 Å². The minimum atomic E-state index is 0.0580. The van der Waals surface area contributed by atoms with E-state index < -0.39 is 0 Å². The number of carbonyl (C=O) groups is 1. The summed E-state index contributed by atoms with van der Waals surface area (Å²) in [5.74, 6) is 0.723. The van der Waals surface area contributed by atoms with Crippen LogP contribution < -0.4 is 4.74 Å². The quantitative estimate of drug-likeness (QED) is 0.707. The van der Waals surface area contributed by atoms with Crippen molar-refractivity contribution in [1.82, 2.24) is 0 Å². The maximum absolute atomic E-state index is 12.0. The van der Waals surface area contributed by atoms with E-state index in [1.54, 1.807) is 18.2 Å². The van der Waals surface area contributed by atoms with E-state index in [0.717, 1.165) is 12.0 Å². The molecule has 0 bridgehead atoms. The van der Waals surface area contributed by atoms with Gasteiger partial charge in [-0.25, -0.2) is 0 Å². The van der Waals surface area contributed by atoms with Gasteiger partial charge >= 0.3 is 0 Å². The number of hydrogen-bond donors (Lipinski definition) is 0. The van der Waals surface area contributed by atoms with Crippen molar-refractivity contribution >= 4 is 17.4 Å². The highest BCUT2D eigenvalue weighted by Crippen LogP contribution is 2.24. The number of Topliss-reactive ketones (excluding diaryl/α,β-unsaturated/α-hetero) is 1. The Balaban J connectivity index is 2.09. The van der Waals surface area contributed by atoms with Crippen LogP contribution >= 0.6 is 11.6 Å². The molecule has 20 heavy (non-hydrogen) atoms. The Morgan fingerprint density at radius 2 is 1.90 bits per heavy atom. The molecule has 0 saturated carbocycles. The monoisotopic (exact) mass is 288 g/mol. The van der Waals surface area contributed by atoms with Gasteiger partial charge in [0, 0.05) is 12.0 Å². The van der Waals surface area contributed by atoms with Gasteiger partial charge in [0.1, 0.15) is 12.4 Å². The molecule has 0 amide bonds. The molecule has 0 saturated heterocycles. The van der Waals surface area contributed by atoms with Crippen LogP contribution in [0.4, 0.5) is 0 Å². The number of carbonyl (C=O) groups excluding carboxylic acids is 1. The van der Waals surface area contributed by atoms with Crippen molar-refractivity contribution in [2.45, 2.75) is 26.4 Å². The van der Waals surface area contributed by atoms with Gasteiger partial charge in [0.2, 0.25) is 0 Å². The third-order valence-electron chi connectivity index (χ3n) is 2.96. The zero-order valence-electron chi connectivity index (χ0n) is 11.4. The minimum absolute atomic E-state index is 0.0580. The van der Waals surface area contributed by atoms with Crippen molar-refractivity contribution in [2.75, 3.05) is 0 Å². The van der Waals surface area contributed by atoms with Crippen LogP contribution in [0.25, 0.3) is 0 Å². The van der Waals surface area contributed by atoms with Crippen molar-refractivity contribution in [3.63, 3.8) is 0 Å². The van der Waals surface area contributed by atoms with Crippen LogP contribution in [0.5, 0.6) is 5.75 Å². The topological polar surface area (TPSA) is 26.3 Å². The number of rotatable bonds is 6. The molecule has 0 aromatic heterocycles. The molecule has 3 heteroatoms. The SMILES string of the molecule is CCCC(=O)c1cc(OCc2ccccc2)ccc1Cl. The lowest BCUT2D eigenvalue weighted by Crippen LogP contribution is -2.01. The van der Waals surface area contributed by atoms with E-state index in [1.165, 1.54) is 0 Å². The third kappa shape index (κ3) is 3.84. The zero-order chi connectivity index (χ0) is 14.4. The summed E-state index contributed by atoms with van der Waals surface area (Å²) < 4.78 is 5.71. The van der Waals surface area contributed by atoms with Crippen LogP contribution in [0.3, 0.4) is 0 Å². The van der Waals surface area contributed by atoms with Crippen molar-refractivity contribution in [3.8, 4) is 5.75 Å². The molecule has 0 atom stereocenters. The lowest BCUT2D eigenvalue weighted by Gasteiger charge is -2.09. The highest BCUT2D eigenvalue weighted by Gasteiger charge is 2.11. The third-order valence-corrected chi connectivity index (χ3v) is 3.29. The standard InChI is InChI=1S/C17H17ClO2/c1-2-6-17(19)15-11-14(9-10-16(15)18)20-12-13-7-4-3-5-8-13/h3-5,7-11H,2,6,12H2,1H3. The molecule has 0 unspecified atom stereocenters. The van der Waals surface area contributed by atoms with Crippen LogP contribution in [0.1, 0.15) is 35.7 Å². The zero-order valence-corrected chi connectivity index (χ0v) is 12.2. The van der Waals surface area contributed by atoms with Crippen LogP contribution in [-0.4, -0.2) is 5.78 Å². The maximum atomic E-state index is 12.0. The summed E-state index contributed by atoms with van der Waals surface area (Å²) in [5.41, 5.74) is 1.63. The fourth-order valence-electron chi connectivity index (χ4n) is 1.91. The molecule has 0 aliphatic carbocycles. The summed E-state index contributed by atoms with van der Waals surface area (Å²) in [5, 5.41) is 0.482. The number of ketones is 1. The average molecular weight is 289 g/mol. The Morgan fingerprint density at radius 1 is 1.15 bits per heavy atom. The lowest BCUT2D eigenvalue weighted by molar-refractivity contribution is 0.0981. The molecular weight excluding hydrogens is 272 g/mol. The summed E-state index contributed by atoms with van der Waals surface area (Å²) in [4.78, 5) is 12.0. The molecule has 0 radical (unpaired) electrons. The Labute approximate surface area is 124 Å². The van der Waals surface area contributed by atoms with Gasteiger partial charge in [-0.3, -0.25) is 4.79 Å². The first-order valence-corrected chi connectivity index (χ1v) is 7.08. The van der Waals surface area contributed by atoms with Gasteiger partial charge < -0.3 is 4.74 Å². The molecule has 0 N–H and O–H groups in total. The normalized spacial score (nSPS) is 10.3. The Morgan fingerprint density at radius 3 is 2.60 bits per heavy atom. The van der Waals surface area contributed by atoms with Crippen molar-refractivity contribution in [2.24, 2.45) is 0 Å². The Bertz CT molecular complexity index is 579. The average Bonchev–Trinajstić information content (AvgIpc) is 2.47. The number of hydrogen-bond acceptors (Lipinski definition) is 2. The molecule has 2 aromatic carbocycles. The molecule has 0 aliphatic rings. The van der Waals surface area contributed by atoms with Gasteiger partial charge in [-0.15, -0.1) is 0 Å². The first kappa shape index (κ1) is 14.6. The molecule has 2 rings (SSSR count). The Kier molecular flexibility index (Phi) is 5.19. The minimum Gasteiger partial charge on any atom is -0.489 e. The molecule has 0 spiro atoms. The van der Waals surface area contributed by atoms with E-state index in [9.17, 15) is 4.79 Å². The van der Waals surface area contributed by atoms with Gasteiger partial charge in [0.25, 0.3) is 0 Å². The summed E-state index contributed by atoms with van der Waals surface area (Å²) in [6.07, 6.45) is 1.31. The van der Waals surface area contributed by atoms with E-state index in [1.807, 2.05) is 37.3 Å². The van der Waals surface area contributed by atoms with Crippen LogP contribution in [0, 0.1) is 0 Å². The molecule has 2 aromatic rings. The van der Waals surface area contributed by atoms with Crippen molar-refractivity contribution in [3.05, 3.63) is 64.7 Å². The van der Waals surface area contributed by atoms with Crippen LogP contribution in [0.15, 0.2) is 48.5 Å². The molecule has 2 nitrogen and oxygen atoms in total. The van der Waals surface area contributed by atoms with Gasteiger partial charge in [-0.2, -0.15) is 0 Å². The predicted molar refractivity (Wildman–Crippen MR) is 81.5 cm³/mol. The lowest BCUT2D eigenvalue weighted by atomic mass is 10.1. The number of halogens is 1. The number of benzene rings is 2. The summed E-state index contributed by atoms with van der Waals surface area (Å²) in [6.45, 7) is 2.45. The van der Waals surface area contributed by atoms with E-state index in [2.05, 4.69) is 0 Å². The smallest absolute Gasteiger partial charge is 0.164 e. The molecule has 0 fully saturated rings. The summed E-state index contributed by atoms with van der Waals surface area (Å²) in [6, 6.07) is 15.1. The maximum Gasteiger partial charge on any atom is 0.164 e. The largest absolute Gasteiger partial charge is 0.489 e. The first-order valence-electron chi connectivity index (χ1n) is 6.70. The van der Waals surface area contributed by atoms with E-state index in [-0.39, 0.29) is 5.78 Å². The summed E-state index contributed by atoms with van der Waals surface area (Å²) >= 11 is 6.07.